The van der Waals surface area contributed by atoms with Gasteiger partial charge in [0.15, 0.2) is 0 Å². The van der Waals surface area contributed by atoms with Crippen LogP contribution in [0.2, 0.25) is 0 Å². The smallest absolute Gasteiger partial charge is 0.242 e. The summed E-state index contributed by atoms with van der Waals surface area (Å²) in [7, 11) is -0.0340. The fourth-order valence-electron chi connectivity index (χ4n) is 1.83. The van der Waals surface area contributed by atoms with Crippen molar-refractivity contribution in [2.75, 3.05) is 33.9 Å². The molecule has 1 aromatic rings. The third kappa shape index (κ3) is 4.28. The van der Waals surface area contributed by atoms with E-state index < -0.39 is 10.0 Å². The Morgan fingerprint density at radius 2 is 2.05 bits per heavy atom. The molecule has 1 rings (SSSR count). The van der Waals surface area contributed by atoms with Crippen LogP contribution in [0.15, 0.2) is 23.1 Å². The third-order valence-electron chi connectivity index (χ3n) is 3.15. The topological polar surface area (TPSA) is 58.6 Å². The summed E-state index contributed by atoms with van der Waals surface area (Å²) in [4.78, 5) is 0.326. The predicted octanol–water partition coefficient (Wildman–Crippen LogP) is 1.37. The van der Waals surface area contributed by atoms with E-state index in [1.807, 2.05) is 27.0 Å². The summed E-state index contributed by atoms with van der Waals surface area (Å²) in [5.74, 6) is 0. The van der Waals surface area contributed by atoms with Crippen LogP contribution >= 0.6 is 0 Å². The highest BCUT2D eigenvalue weighted by molar-refractivity contribution is 7.89. The molecule has 0 saturated carbocycles. The van der Waals surface area contributed by atoms with E-state index in [1.165, 1.54) is 4.31 Å². The maximum Gasteiger partial charge on any atom is 0.242 e. The van der Waals surface area contributed by atoms with Crippen molar-refractivity contribution in [1.29, 1.82) is 0 Å². The van der Waals surface area contributed by atoms with E-state index in [0.29, 0.717) is 31.2 Å². The van der Waals surface area contributed by atoms with Crippen molar-refractivity contribution in [1.82, 2.24) is 9.62 Å². The van der Waals surface area contributed by atoms with Gasteiger partial charge in [0.2, 0.25) is 10.0 Å². The maximum atomic E-state index is 12.4. The number of sulfonamides is 1. The summed E-state index contributed by atoms with van der Waals surface area (Å²) >= 11 is 0. The van der Waals surface area contributed by atoms with Crippen molar-refractivity contribution in [2.24, 2.45) is 0 Å². The lowest BCUT2D eigenvalue weighted by Crippen LogP contribution is -2.30. The molecule has 1 N–H and O–H groups in total. The van der Waals surface area contributed by atoms with E-state index in [-0.39, 0.29) is 0 Å². The SMILES string of the molecule is CCOCCN(C)S(=O)(=O)c1ccc(C)c(CNC)c1. The number of likely N-dealkylation sites (N-methyl/N-ethyl adjacent to an activating group) is 1. The first kappa shape index (κ1) is 17.1. The van der Waals surface area contributed by atoms with E-state index in [1.54, 1.807) is 19.2 Å². The first-order valence-electron chi connectivity index (χ1n) is 6.71. The number of ether oxygens (including phenoxy) is 1. The van der Waals surface area contributed by atoms with Gasteiger partial charge in [-0.3, -0.25) is 0 Å². The van der Waals surface area contributed by atoms with Crippen molar-refractivity contribution in [3.8, 4) is 0 Å². The van der Waals surface area contributed by atoms with Crippen LogP contribution < -0.4 is 5.32 Å². The average molecular weight is 300 g/mol. The van der Waals surface area contributed by atoms with E-state index in [2.05, 4.69) is 5.32 Å². The molecule has 0 radical (unpaired) electrons. The first-order chi connectivity index (χ1) is 9.43. The Morgan fingerprint density at radius 1 is 1.35 bits per heavy atom. The second-order valence-corrected chi connectivity index (χ2v) is 6.69. The zero-order valence-electron chi connectivity index (χ0n) is 12.6. The second kappa shape index (κ2) is 7.73. The Balaban J connectivity index is 2.94. The molecule has 20 heavy (non-hydrogen) atoms. The maximum absolute atomic E-state index is 12.4. The van der Waals surface area contributed by atoms with Crippen LogP contribution in [-0.2, 0) is 21.3 Å². The van der Waals surface area contributed by atoms with Gasteiger partial charge in [0.1, 0.15) is 0 Å². The van der Waals surface area contributed by atoms with Gasteiger partial charge >= 0.3 is 0 Å². The minimum Gasteiger partial charge on any atom is -0.380 e. The zero-order chi connectivity index (χ0) is 15.2. The molecule has 0 saturated heterocycles. The molecule has 0 fully saturated rings. The van der Waals surface area contributed by atoms with Crippen LogP contribution in [0.1, 0.15) is 18.1 Å². The molecule has 6 heteroatoms. The van der Waals surface area contributed by atoms with Crippen LogP contribution in [-0.4, -0.2) is 46.6 Å². The predicted molar refractivity (Wildman–Crippen MR) is 80.3 cm³/mol. The number of rotatable bonds is 8. The van der Waals surface area contributed by atoms with Gasteiger partial charge in [-0.05, 0) is 44.2 Å². The van der Waals surface area contributed by atoms with Gasteiger partial charge in [0.05, 0.1) is 11.5 Å². The van der Waals surface area contributed by atoms with E-state index >= 15 is 0 Å². The summed E-state index contributed by atoms with van der Waals surface area (Å²) in [6.07, 6.45) is 0. The molecule has 114 valence electrons. The van der Waals surface area contributed by atoms with E-state index in [0.717, 1.165) is 11.1 Å². The quantitative estimate of drug-likeness (QED) is 0.737. The highest BCUT2D eigenvalue weighted by Gasteiger charge is 2.21. The molecule has 5 nitrogen and oxygen atoms in total. The molecule has 0 unspecified atom stereocenters. The largest absolute Gasteiger partial charge is 0.380 e. The summed E-state index contributed by atoms with van der Waals surface area (Å²) in [5.41, 5.74) is 2.07. The lowest BCUT2D eigenvalue weighted by atomic mass is 10.1. The minimum absolute atomic E-state index is 0.326. The normalized spacial score (nSPS) is 12.1. The van der Waals surface area contributed by atoms with Crippen molar-refractivity contribution in [3.63, 3.8) is 0 Å². The fourth-order valence-corrected chi connectivity index (χ4v) is 3.03. The summed E-state index contributed by atoms with van der Waals surface area (Å²) < 4.78 is 31.4. The van der Waals surface area contributed by atoms with Crippen molar-refractivity contribution >= 4 is 10.0 Å². The Labute approximate surface area is 122 Å². The Bertz CT molecular complexity index is 529. The van der Waals surface area contributed by atoms with Gasteiger partial charge < -0.3 is 10.1 Å². The molecule has 0 aromatic heterocycles. The zero-order valence-corrected chi connectivity index (χ0v) is 13.5. The van der Waals surface area contributed by atoms with Gasteiger partial charge in [-0.2, -0.15) is 4.31 Å². The van der Waals surface area contributed by atoms with Crippen molar-refractivity contribution in [2.45, 2.75) is 25.3 Å². The van der Waals surface area contributed by atoms with E-state index in [9.17, 15) is 8.42 Å². The molecule has 0 amide bonds. The number of benzene rings is 1. The Morgan fingerprint density at radius 3 is 2.65 bits per heavy atom. The van der Waals surface area contributed by atoms with Crippen molar-refractivity contribution in [3.05, 3.63) is 29.3 Å². The third-order valence-corrected chi connectivity index (χ3v) is 5.00. The average Bonchev–Trinajstić information content (AvgIpc) is 2.41. The lowest BCUT2D eigenvalue weighted by Gasteiger charge is -2.18. The van der Waals surface area contributed by atoms with Crippen LogP contribution in [0.3, 0.4) is 0 Å². The summed E-state index contributed by atoms with van der Waals surface area (Å²) in [6.45, 7) is 5.86. The Kier molecular flexibility index (Phi) is 6.61. The van der Waals surface area contributed by atoms with Crippen LogP contribution in [0.4, 0.5) is 0 Å². The number of nitrogens with zero attached hydrogens (tertiary/aromatic N) is 1. The molecule has 0 aliphatic carbocycles. The van der Waals surface area contributed by atoms with Gasteiger partial charge in [0, 0.05) is 26.7 Å². The monoisotopic (exact) mass is 300 g/mol. The van der Waals surface area contributed by atoms with Crippen LogP contribution in [0.5, 0.6) is 0 Å². The highest BCUT2D eigenvalue weighted by Crippen LogP contribution is 2.18. The van der Waals surface area contributed by atoms with Crippen molar-refractivity contribution < 1.29 is 13.2 Å². The molecule has 0 aliphatic heterocycles. The van der Waals surface area contributed by atoms with Gasteiger partial charge in [-0.15, -0.1) is 0 Å². The van der Waals surface area contributed by atoms with E-state index in [4.69, 9.17) is 4.74 Å². The molecule has 0 atom stereocenters. The second-order valence-electron chi connectivity index (χ2n) is 4.64. The van der Waals surface area contributed by atoms with Gasteiger partial charge in [0.25, 0.3) is 0 Å². The number of nitrogens with one attached hydrogen (secondary N) is 1. The summed E-state index contributed by atoms with van der Waals surface area (Å²) in [5, 5.41) is 3.05. The minimum atomic E-state index is -3.45. The first-order valence-corrected chi connectivity index (χ1v) is 8.15. The van der Waals surface area contributed by atoms with Crippen LogP contribution in [0, 0.1) is 6.92 Å². The fraction of sp³-hybridized carbons (Fsp3) is 0.571. The molecule has 0 bridgehead atoms. The number of hydrogen-bond donors (Lipinski definition) is 1. The molecule has 1 aromatic carbocycles. The summed E-state index contributed by atoms with van der Waals surface area (Å²) in [6, 6.07) is 5.23. The molecular formula is C14H24N2O3S. The van der Waals surface area contributed by atoms with Gasteiger partial charge in [-0.1, -0.05) is 6.07 Å². The molecule has 0 aliphatic rings. The number of aryl methyl sites for hydroxylation is 1. The lowest BCUT2D eigenvalue weighted by molar-refractivity contribution is 0.138. The van der Waals surface area contributed by atoms with Gasteiger partial charge in [-0.25, -0.2) is 8.42 Å². The van der Waals surface area contributed by atoms with Crippen LogP contribution in [0.25, 0.3) is 0 Å². The standard InChI is InChI=1S/C14H24N2O3S/c1-5-19-9-8-16(4)20(17,18)14-7-6-12(2)13(10-14)11-15-3/h6-7,10,15H,5,8-9,11H2,1-4H3. The molecular weight excluding hydrogens is 276 g/mol. The Hall–Kier alpha value is -0.950. The highest BCUT2D eigenvalue weighted by atomic mass is 32.2. The number of hydrogen-bond acceptors (Lipinski definition) is 4. The molecule has 0 heterocycles. The molecule has 0 spiro atoms.